The first kappa shape index (κ1) is 21.8. The minimum atomic E-state index is -0.916. The van der Waals surface area contributed by atoms with Gasteiger partial charge in [-0.3, -0.25) is 14.4 Å². The van der Waals surface area contributed by atoms with Crippen LogP contribution < -0.4 is 20.9 Å². The van der Waals surface area contributed by atoms with Gasteiger partial charge in [0, 0.05) is 23.4 Å². The number of aryl methyl sites for hydroxylation is 2. The van der Waals surface area contributed by atoms with Gasteiger partial charge in [-0.25, -0.2) is 0 Å². The third kappa shape index (κ3) is 5.39. The number of H-pyrrole nitrogens is 1. The van der Waals surface area contributed by atoms with Crippen LogP contribution in [-0.2, 0) is 11.3 Å². The number of rotatable bonds is 7. The summed E-state index contributed by atoms with van der Waals surface area (Å²) in [5.74, 6) is -0.170. The van der Waals surface area contributed by atoms with E-state index in [4.69, 9.17) is 4.74 Å². The number of hydrogen-bond acceptors (Lipinski definition) is 4. The molecule has 0 saturated heterocycles. The normalized spacial score (nSPS) is 11.5. The van der Waals surface area contributed by atoms with Gasteiger partial charge in [-0.15, -0.1) is 0 Å². The maximum absolute atomic E-state index is 13.0. The Kier molecular flexibility index (Phi) is 6.87. The number of aromatic nitrogens is 1. The molecule has 7 nitrogen and oxygen atoms in total. The van der Waals surface area contributed by atoms with Gasteiger partial charge in [-0.1, -0.05) is 30.3 Å². The highest BCUT2D eigenvalue weighted by atomic mass is 16.5. The number of aromatic amines is 1. The average Bonchev–Trinajstić information content (AvgIpc) is 2.77. The van der Waals surface area contributed by atoms with Gasteiger partial charge in [0.2, 0.25) is 5.91 Å². The molecular formula is C24H25N3O4. The maximum Gasteiger partial charge on any atom is 0.253 e. The lowest BCUT2D eigenvalue weighted by Gasteiger charge is -2.19. The summed E-state index contributed by atoms with van der Waals surface area (Å²) in [5, 5.41) is 5.56. The van der Waals surface area contributed by atoms with Crippen LogP contribution in [0.3, 0.4) is 0 Å². The van der Waals surface area contributed by atoms with Gasteiger partial charge >= 0.3 is 0 Å². The topological polar surface area (TPSA) is 100 Å². The van der Waals surface area contributed by atoms with Crippen LogP contribution in [0.2, 0.25) is 0 Å². The number of amides is 2. The number of benzene rings is 2. The van der Waals surface area contributed by atoms with Gasteiger partial charge in [-0.05, 0) is 55.3 Å². The predicted molar refractivity (Wildman–Crippen MR) is 118 cm³/mol. The van der Waals surface area contributed by atoms with Gasteiger partial charge in [-0.2, -0.15) is 0 Å². The van der Waals surface area contributed by atoms with Crippen LogP contribution in [0.1, 0.15) is 38.8 Å². The van der Waals surface area contributed by atoms with Crippen molar-refractivity contribution in [2.45, 2.75) is 26.4 Å². The van der Waals surface area contributed by atoms with Gasteiger partial charge in [0.05, 0.1) is 7.11 Å². The first-order chi connectivity index (χ1) is 14.9. The second kappa shape index (κ2) is 9.75. The minimum Gasteiger partial charge on any atom is -0.497 e. The summed E-state index contributed by atoms with van der Waals surface area (Å²) in [5.41, 5.74) is 2.83. The number of carbonyl (C=O) groups excluding carboxylic acids is 2. The molecule has 2 amide bonds. The lowest BCUT2D eigenvalue weighted by atomic mass is 10.0. The van der Waals surface area contributed by atoms with E-state index in [1.54, 1.807) is 62.6 Å². The van der Waals surface area contributed by atoms with Crippen LogP contribution in [0.15, 0.2) is 65.5 Å². The van der Waals surface area contributed by atoms with Gasteiger partial charge in [0.15, 0.2) is 0 Å². The van der Waals surface area contributed by atoms with E-state index >= 15 is 0 Å². The molecule has 1 unspecified atom stereocenters. The SMILES string of the molecule is COc1ccc(C(=O)NC(C(=O)NCc2c(C)cc(C)[nH]c2=O)c2ccccc2)cc1. The quantitative estimate of drug-likeness (QED) is 0.548. The number of methoxy groups -OCH3 is 1. The van der Waals surface area contributed by atoms with Gasteiger partial charge in [0.25, 0.3) is 11.5 Å². The molecule has 0 aliphatic rings. The van der Waals surface area contributed by atoms with E-state index < -0.39 is 17.9 Å². The van der Waals surface area contributed by atoms with E-state index in [0.29, 0.717) is 22.4 Å². The molecule has 3 rings (SSSR count). The molecule has 31 heavy (non-hydrogen) atoms. The molecule has 0 radical (unpaired) electrons. The Hall–Kier alpha value is -3.87. The minimum absolute atomic E-state index is 0.0576. The van der Waals surface area contributed by atoms with E-state index in [1.807, 2.05) is 19.1 Å². The maximum atomic E-state index is 13.0. The molecule has 2 aromatic carbocycles. The van der Waals surface area contributed by atoms with Crippen molar-refractivity contribution in [3.8, 4) is 5.75 Å². The molecule has 0 bridgehead atoms. The molecular weight excluding hydrogens is 394 g/mol. The van der Waals surface area contributed by atoms with Crippen molar-refractivity contribution >= 4 is 11.8 Å². The first-order valence-corrected chi connectivity index (χ1v) is 9.86. The van der Waals surface area contributed by atoms with Crippen molar-refractivity contribution in [3.05, 3.63) is 99.0 Å². The fourth-order valence-corrected chi connectivity index (χ4v) is 3.28. The number of hydrogen-bond donors (Lipinski definition) is 3. The van der Waals surface area contributed by atoms with Crippen molar-refractivity contribution < 1.29 is 14.3 Å². The molecule has 0 spiro atoms. The third-order valence-electron chi connectivity index (χ3n) is 4.96. The third-order valence-corrected chi connectivity index (χ3v) is 4.96. The van der Waals surface area contributed by atoms with Gasteiger partial charge < -0.3 is 20.4 Å². The average molecular weight is 419 g/mol. The largest absolute Gasteiger partial charge is 0.497 e. The Labute approximate surface area is 180 Å². The summed E-state index contributed by atoms with van der Waals surface area (Å²) in [4.78, 5) is 40.8. The monoisotopic (exact) mass is 419 g/mol. The summed E-state index contributed by atoms with van der Waals surface area (Å²) >= 11 is 0. The lowest BCUT2D eigenvalue weighted by molar-refractivity contribution is -0.123. The number of nitrogens with one attached hydrogen (secondary N) is 3. The standard InChI is InChI=1S/C24H25N3O4/c1-15-13-16(2)26-23(29)20(15)14-25-24(30)21(17-7-5-4-6-8-17)27-22(28)18-9-11-19(31-3)12-10-18/h4-13,21H,14H2,1-3H3,(H,25,30)(H,26,29)(H,27,28). The summed E-state index contributed by atoms with van der Waals surface area (Å²) in [6.07, 6.45) is 0. The molecule has 160 valence electrons. The molecule has 3 N–H and O–H groups in total. The van der Waals surface area contributed by atoms with Crippen LogP contribution in [0, 0.1) is 13.8 Å². The van der Waals surface area contributed by atoms with Crippen LogP contribution in [0.5, 0.6) is 5.75 Å². The Balaban J connectivity index is 1.79. The van der Waals surface area contributed by atoms with Crippen LogP contribution in [-0.4, -0.2) is 23.9 Å². The molecule has 0 saturated carbocycles. The highest BCUT2D eigenvalue weighted by Crippen LogP contribution is 2.16. The van der Waals surface area contributed by atoms with Crippen molar-refractivity contribution in [1.82, 2.24) is 15.6 Å². The van der Waals surface area contributed by atoms with Crippen molar-refractivity contribution in [1.29, 1.82) is 0 Å². The molecule has 1 atom stereocenters. The van der Waals surface area contributed by atoms with Gasteiger partial charge in [0.1, 0.15) is 11.8 Å². The lowest BCUT2D eigenvalue weighted by Crippen LogP contribution is -2.41. The summed E-state index contributed by atoms with van der Waals surface area (Å²) in [7, 11) is 1.55. The fourth-order valence-electron chi connectivity index (χ4n) is 3.28. The zero-order chi connectivity index (χ0) is 22.4. The predicted octanol–water partition coefficient (Wildman–Crippen LogP) is 2.79. The fraction of sp³-hybridized carbons (Fsp3) is 0.208. The van der Waals surface area contributed by atoms with Crippen molar-refractivity contribution in [2.24, 2.45) is 0 Å². The van der Waals surface area contributed by atoms with Crippen LogP contribution in [0.4, 0.5) is 0 Å². The second-order valence-electron chi connectivity index (χ2n) is 7.21. The zero-order valence-corrected chi connectivity index (χ0v) is 17.7. The number of pyridine rings is 1. The smallest absolute Gasteiger partial charge is 0.253 e. The zero-order valence-electron chi connectivity index (χ0n) is 17.7. The first-order valence-electron chi connectivity index (χ1n) is 9.86. The van der Waals surface area contributed by atoms with E-state index in [0.717, 1.165) is 11.3 Å². The Morgan fingerprint density at radius 2 is 1.71 bits per heavy atom. The van der Waals surface area contributed by atoms with Crippen molar-refractivity contribution in [2.75, 3.05) is 7.11 Å². The highest BCUT2D eigenvalue weighted by Gasteiger charge is 2.23. The van der Waals surface area contributed by atoms with E-state index in [1.165, 1.54) is 0 Å². The molecule has 1 aromatic heterocycles. The summed E-state index contributed by atoms with van der Waals surface area (Å²) in [6, 6.07) is 16.5. The molecule has 0 aliphatic carbocycles. The Bertz CT molecular complexity index is 1120. The number of ether oxygens (including phenoxy) is 1. The highest BCUT2D eigenvalue weighted by molar-refractivity contribution is 5.98. The summed E-state index contributed by atoms with van der Waals surface area (Å²) in [6.45, 7) is 3.68. The molecule has 0 aliphatic heterocycles. The van der Waals surface area contributed by atoms with E-state index in [9.17, 15) is 14.4 Å². The van der Waals surface area contributed by atoms with Crippen molar-refractivity contribution in [3.63, 3.8) is 0 Å². The summed E-state index contributed by atoms with van der Waals surface area (Å²) < 4.78 is 5.11. The Morgan fingerprint density at radius 3 is 2.32 bits per heavy atom. The molecule has 7 heteroatoms. The van der Waals surface area contributed by atoms with E-state index in [-0.39, 0.29) is 12.1 Å². The molecule has 0 fully saturated rings. The molecule has 1 heterocycles. The molecule has 3 aromatic rings. The number of carbonyl (C=O) groups is 2. The Morgan fingerprint density at radius 1 is 1.03 bits per heavy atom. The second-order valence-corrected chi connectivity index (χ2v) is 7.21. The van der Waals surface area contributed by atoms with Crippen LogP contribution >= 0.6 is 0 Å². The van der Waals surface area contributed by atoms with Crippen LogP contribution in [0.25, 0.3) is 0 Å². The van der Waals surface area contributed by atoms with E-state index in [2.05, 4.69) is 15.6 Å².